The van der Waals surface area contributed by atoms with Gasteiger partial charge in [0.2, 0.25) is 0 Å². The van der Waals surface area contributed by atoms with Gasteiger partial charge in [-0.3, -0.25) is 9.11 Å². The second-order valence-electron chi connectivity index (χ2n) is 7.50. The van der Waals surface area contributed by atoms with Crippen LogP contribution in [0.3, 0.4) is 0 Å². The number of hydrogen-bond donors (Lipinski definition) is 2. The molecule has 4 rings (SSSR count). The topological polar surface area (TPSA) is 105 Å². The predicted molar refractivity (Wildman–Crippen MR) is 101 cm³/mol. The standard InChI is InChI=1S/C17H21F2N5O3S/c18-13-3-11(24-6-12(27-16(24)25)5-23(21)2-1-20)4-14(19)15(13)22-7-17(8-22)9-28(26)10-17/h1-4,12H,5-10,20-21H2/b2-1-/t12-/m0/s1. The van der Waals surface area contributed by atoms with Gasteiger partial charge < -0.3 is 20.4 Å². The molecule has 0 unspecified atom stereocenters. The fraction of sp³-hybridized carbons (Fsp3) is 0.471. The molecule has 3 heterocycles. The number of nitrogens with two attached hydrogens (primary N) is 2. The molecule has 1 aromatic carbocycles. The Hall–Kier alpha value is -2.40. The molecule has 3 aliphatic heterocycles. The van der Waals surface area contributed by atoms with E-state index in [0.29, 0.717) is 24.6 Å². The number of hydrogen-bond acceptors (Lipinski definition) is 7. The molecule has 3 aliphatic rings. The fourth-order valence-electron chi connectivity index (χ4n) is 3.99. The van der Waals surface area contributed by atoms with Gasteiger partial charge in [0.1, 0.15) is 11.8 Å². The van der Waals surface area contributed by atoms with Crippen LogP contribution >= 0.6 is 0 Å². The fourth-order valence-corrected chi connectivity index (χ4v) is 5.64. The lowest BCUT2D eigenvalue weighted by atomic mass is 9.82. The normalized spacial score (nSPS) is 23.8. The van der Waals surface area contributed by atoms with Crippen molar-refractivity contribution in [2.45, 2.75) is 6.10 Å². The average molecular weight is 413 g/mol. The number of benzene rings is 1. The Bertz CT molecular complexity index is 828. The highest BCUT2D eigenvalue weighted by molar-refractivity contribution is 7.86. The number of halogens is 2. The first-order valence-corrected chi connectivity index (χ1v) is 10.3. The van der Waals surface area contributed by atoms with E-state index < -0.39 is 34.6 Å². The minimum atomic E-state index is -0.807. The van der Waals surface area contributed by atoms with E-state index in [-0.39, 0.29) is 29.9 Å². The molecule has 0 saturated carbocycles. The highest BCUT2D eigenvalue weighted by atomic mass is 32.2. The molecule has 152 valence electrons. The summed E-state index contributed by atoms with van der Waals surface area (Å²) in [5, 5.41) is 1.26. The molecular formula is C17H21F2N5O3S. The zero-order valence-electron chi connectivity index (χ0n) is 15.0. The van der Waals surface area contributed by atoms with E-state index >= 15 is 0 Å². The van der Waals surface area contributed by atoms with Crippen LogP contribution < -0.4 is 21.4 Å². The number of carbonyl (C=O) groups excluding carboxylic acids is 1. The van der Waals surface area contributed by atoms with Crippen molar-refractivity contribution in [2.24, 2.45) is 17.0 Å². The van der Waals surface area contributed by atoms with Crippen LogP contribution in [0.1, 0.15) is 0 Å². The number of ether oxygens (including phenoxy) is 1. The molecule has 0 aromatic heterocycles. The molecule has 4 N–H and O–H groups in total. The summed E-state index contributed by atoms with van der Waals surface area (Å²) >= 11 is 0. The Morgan fingerprint density at radius 2 is 1.96 bits per heavy atom. The third-order valence-corrected chi connectivity index (χ3v) is 7.05. The Labute approximate surface area is 163 Å². The van der Waals surface area contributed by atoms with E-state index in [4.69, 9.17) is 16.3 Å². The van der Waals surface area contributed by atoms with E-state index in [0.717, 1.165) is 12.1 Å². The Balaban J connectivity index is 1.46. The molecule has 0 bridgehead atoms. The molecule has 1 aromatic rings. The van der Waals surface area contributed by atoms with Crippen molar-refractivity contribution >= 4 is 28.3 Å². The van der Waals surface area contributed by atoms with Crippen LogP contribution in [0.15, 0.2) is 24.5 Å². The van der Waals surface area contributed by atoms with Crippen molar-refractivity contribution in [1.29, 1.82) is 0 Å². The maximum atomic E-state index is 14.6. The third kappa shape index (κ3) is 3.28. The molecule has 1 spiro atoms. The lowest BCUT2D eigenvalue weighted by Crippen LogP contribution is -2.67. The van der Waals surface area contributed by atoms with Gasteiger partial charge in [-0.15, -0.1) is 0 Å². The van der Waals surface area contributed by atoms with E-state index in [9.17, 15) is 17.8 Å². The van der Waals surface area contributed by atoms with Crippen LogP contribution in [0.5, 0.6) is 0 Å². The maximum Gasteiger partial charge on any atom is 0.414 e. The van der Waals surface area contributed by atoms with Gasteiger partial charge >= 0.3 is 6.09 Å². The minimum absolute atomic E-state index is 0.0690. The predicted octanol–water partition coefficient (Wildman–Crippen LogP) is 0.464. The number of amides is 1. The first kappa shape index (κ1) is 18.9. The summed E-state index contributed by atoms with van der Waals surface area (Å²) < 4.78 is 45.8. The van der Waals surface area contributed by atoms with Crippen molar-refractivity contribution in [2.75, 3.05) is 47.5 Å². The summed E-state index contributed by atoms with van der Waals surface area (Å²) in [7, 11) is -0.807. The van der Waals surface area contributed by atoms with Gasteiger partial charge in [0.05, 0.1) is 18.8 Å². The maximum absolute atomic E-state index is 14.6. The number of carbonyl (C=O) groups is 1. The number of rotatable bonds is 5. The van der Waals surface area contributed by atoms with Gasteiger partial charge in [-0.1, -0.05) is 0 Å². The highest BCUT2D eigenvalue weighted by Gasteiger charge is 2.52. The molecular weight excluding hydrogens is 392 g/mol. The average Bonchev–Trinajstić information content (AvgIpc) is 2.90. The van der Waals surface area contributed by atoms with E-state index in [1.165, 1.54) is 22.3 Å². The van der Waals surface area contributed by atoms with E-state index in [1.807, 2.05) is 0 Å². The lowest BCUT2D eigenvalue weighted by molar-refractivity contribution is 0.122. The third-order valence-electron chi connectivity index (χ3n) is 5.18. The first-order valence-electron chi connectivity index (χ1n) is 8.77. The number of nitrogens with zero attached hydrogens (tertiary/aromatic N) is 3. The number of cyclic esters (lactones) is 1. The molecule has 3 saturated heterocycles. The van der Waals surface area contributed by atoms with Gasteiger partial charge in [0, 0.05) is 65.3 Å². The van der Waals surface area contributed by atoms with Gasteiger partial charge in [0.15, 0.2) is 11.6 Å². The van der Waals surface area contributed by atoms with Crippen LogP contribution in [0.25, 0.3) is 0 Å². The van der Waals surface area contributed by atoms with Crippen molar-refractivity contribution in [3.8, 4) is 0 Å². The van der Waals surface area contributed by atoms with Gasteiger partial charge in [-0.25, -0.2) is 19.4 Å². The highest BCUT2D eigenvalue weighted by Crippen LogP contribution is 2.44. The van der Waals surface area contributed by atoms with Crippen LogP contribution in [0, 0.1) is 17.0 Å². The van der Waals surface area contributed by atoms with Crippen molar-refractivity contribution in [3.63, 3.8) is 0 Å². The monoisotopic (exact) mass is 413 g/mol. The van der Waals surface area contributed by atoms with Gasteiger partial charge in [-0.05, 0) is 0 Å². The summed E-state index contributed by atoms with van der Waals surface area (Å²) in [5.41, 5.74) is 5.16. The van der Waals surface area contributed by atoms with Crippen molar-refractivity contribution in [3.05, 3.63) is 36.2 Å². The second-order valence-corrected chi connectivity index (χ2v) is 8.95. The molecule has 0 aliphatic carbocycles. The molecule has 3 fully saturated rings. The summed E-state index contributed by atoms with van der Waals surface area (Å²) in [4.78, 5) is 14.9. The van der Waals surface area contributed by atoms with Crippen LogP contribution in [-0.4, -0.2) is 59.1 Å². The van der Waals surface area contributed by atoms with E-state index in [1.54, 1.807) is 4.90 Å². The molecule has 11 heteroatoms. The number of hydrazine groups is 1. The smallest absolute Gasteiger partial charge is 0.414 e. The van der Waals surface area contributed by atoms with Crippen molar-refractivity contribution < 1.29 is 22.5 Å². The molecule has 1 atom stereocenters. The zero-order valence-corrected chi connectivity index (χ0v) is 15.8. The Morgan fingerprint density at radius 1 is 1.32 bits per heavy atom. The van der Waals surface area contributed by atoms with E-state index in [2.05, 4.69) is 0 Å². The Kier molecular flexibility index (Phi) is 4.66. The SMILES string of the molecule is N/C=C\N(N)C[C@H]1CN(c2cc(F)c(N3CC4(C3)CS(=O)C4)c(F)c2)C(=O)O1. The van der Waals surface area contributed by atoms with Crippen LogP contribution in [0.4, 0.5) is 25.0 Å². The minimum Gasteiger partial charge on any atom is -0.442 e. The van der Waals surface area contributed by atoms with Crippen LogP contribution in [0.2, 0.25) is 0 Å². The quantitative estimate of drug-likeness (QED) is 0.534. The largest absolute Gasteiger partial charge is 0.442 e. The van der Waals surface area contributed by atoms with Gasteiger partial charge in [0.25, 0.3) is 0 Å². The zero-order chi connectivity index (χ0) is 20.1. The summed E-state index contributed by atoms with van der Waals surface area (Å²) in [6.07, 6.45) is 1.41. The molecule has 28 heavy (non-hydrogen) atoms. The molecule has 0 radical (unpaired) electrons. The second kappa shape index (κ2) is 6.89. The molecule has 1 amide bonds. The van der Waals surface area contributed by atoms with Gasteiger partial charge in [-0.2, -0.15) is 0 Å². The Morgan fingerprint density at radius 3 is 2.54 bits per heavy atom. The first-order chi connectivity index (χ1) is 13.3. The molecule has 8 nitrogen and oxygen atoms in total. The summed E-state index contributed by atoms with van der Waals surface area (Å²) in [5.74, 6) is 5.36. The summed E-state index contributed by atoms with van der Waals surface area (Å²) in [6.45, 7) is 1.28. The lowest BCUT2D eigenvalue weighted by Gasteiger charge is -2.55. The van der Waals surface area contributed by atoms with Crippen molar-refractivity contribution in [1.82, 2.24) is 5.01 Å². The summed E-state index contributed by atoms with van der Waals surface area (Å²) in [6, 6.07) is 2.26. The van der Waals surface area contributed by atoms with Crippen LogP contribution in [-0.2, 0) is 15.5 Å². The number of anilines is 2.